The molecule has 0 unspecified atom stereocenters. The molecule has 3 aromatic rings. The first-order valence-electron chi connectivity index (χ1n) is 9.29. The lowest BCUT2D eigenvalue weighted by atomic mass is 10.1. The highest BCUT2D eigenvalue weighted by Gasteiger charge is 2.18. The summed E-state index contributed by atoms with van der Waals surface area (Å²) in [5, 5.41) is 1.04. The largest absolute Gasteiger partial charge is 0.423 e. The molecular formula is C22H23BrN2O2. The van der Waals surface area contributed by atoms with Gasteiger partial charge in [-0.1, -0.05) is 40.2 Å². The van der Waals surface area contributed by atoms with Gasteiger partial charge in [-0.3, -0.25) is 9.80 Å². The summed E-state index contributed by atoms with van der Waals surface area (Å²) in [5.74, 6) is 0. The summed E-state index contributed by atoms with van der Waals surface area (Å²) in [4.78, 5) is 16.9. The number of halogens is 1. The van der Waals surface area contributed by atoms with Gasteiger partial charge in [0.15, 0.2) is 0 Å². The SMILES string of the molecule is Cc1ccc2c(CN3CCN(Cc4cccc(Br)c4)CC3)cc(=O)oc2c1. The summed E-state index contributed by atoms with van der Waals surface area (Å²) < 4.78 is 6.51. The van der Waals surface area contributed by atoms with E-state index in [1.54, 1.807) is 6.07 Å². The van der Waals surface area contributed by atoms with Gasteiger partial charge in [0.25, 0.3) is 0 Å². The zero-order valence-corrected chi connectivity index (χ0v) is 17.0. The van der Waals surface area contributed by atoms with Crippen LogP contribution in [0, 0.1) is 6.92 Å². The number of rotatable bonds is 4. The third kappa shape index (κ3) is 4.49. The van der Waals surface area contributed by atoms with E-state index in [0.717, 1.165) is 60.3 Å². The maximum absolute atomic E-state index is 11.9. The zero-order valence-electron chi connectivity index (χ0n) is 15.5. The van der Waals surface area contributed by atoms with Crippen LogP contribution in [-0.4, -0.2) is 36.0 Å². The Labute approximate surface area is 167 Å². The molecule has 27 heavy (non-hydrogen) atoms. The molecule has 0 spiro atoms. The van der Waals surface area contributed by atoms with Gasteiger partial charge >= 0.3 is 5.63 Å². The highest BCUT2D eigenvalue weighted by atomic mass is 79.9. The van der Waals surface area contributed by atoms with Crippen molar-refractivity contribution in [3.8, 4) is 0 Å². The molecule has 0 amide bonds. The fourth-order valence-electron chi connectivity index (χ4n) is 3.71. The Morgan fingerprint density at radius 2 is 1.70 bits per heavy atom. The van der Waals surface area contributed by atoms with Crippen LogP contribution in [-0.2, 0) is 13.1 Å². The molecule has 1 aliphatic rings. The zero-order chi connectivity index (χ0) is 18.8. The lowest BCUT2D eigenvalue weighted by Gasteiger charge is -2.34. The van der Waals surface area contributed by atoms with Crippen LogP contribution >= 0.6 is 15.9 Å². The van der Waals surface area contributed by atoms with Crippen molar-refractivity contribution in [2.75, 3.05) is 26.2 Å². The molecule has 2 aromatic carbocycles. The van der Waals surface area contributed by atoms with E-state index in [1.165, 1.54) is 5.56 Å². The van der Waals surface area contributed by atoms with Gasteiger partial charge in [-0.05, 0) is 41.8 Å². The molecule has 140 valence electrons. The van der Waals surface area contributed by atoms with Crippen LogP contribution in [0.4, 0.5) is 0 Å². The minimum absolute atomic E-state index is 0.267. The van der Waals surface area contributed by atoms with Crippen LogP contribution < -0.4 is 5.63 Å². The van der Waals surface area contributed by atoms with Gasteiger partial charge in [0.05, 0.1) is 0 Å². The summed E-state index contributed by atoms with van der Waals surface area (Å²) in [6, 6.07) is 16.2. The normalized spacial score (nSPS) is 16.1. The molecule has 0 atom stereocenters. The Kier molecular flexibility index (Phi) is 5.43. The van der Waals surface area contributed by atoms with Gasteiger partial charge in [0.2, 0.25) is 0 Å². The highest BCUT2D eigenvalue weighted by Crippen LogP contribution is 2.21. The summed E-state index contributed by atoms with van der Waals surface area (Å²) in [6.07, 6.45) is 0. The third-order valence-electron chi connectivity index (χ3n) is 5.14. The summed E-state index contributed by atoms with van der Waals surface area (Å²) >= 11 is 3.54. The molecule has 1 aromatic heterocycles. The van der Waals surface area contributed by atoms with E-state index in [9.17, 15) is 4.79 Å². The first kappa shape index (κ1) is 18.4. The molecule has 0 saturated carbocycles. The van der Waals surface area contributed by atoms with Gasteiger partial charge in [0, 0.05) is 55.2 Å². The summed E-state index contributed by atoms with van der Waals surface area (Å²) in [6.45, 7) is 7.84. The van der Waals surface area contributed by atoms with Crippen LogP contribution in [0.3, 0.4) is 0 Å². The smallest absolute Gasteiger partial charge is 0.336 e. The Morgan fingerprint density at radius 3 is 2.44 bits per heavy atom. The van der Waals surface area contributed by atoms with E-state index in [-0.39, 0.29) is 5.63 Å². The quantitative estimate of drug-likeness (QED) is 0.586. The second-order valence-corrected chi connectivity index (χ2v) is 8.19. The fraction of sp³-hybridized carbons (Fsp3) is 0.318. The monoisotopic (exact) mass is 426 g/mol. The second kappa shape index (κ2) is 7.97. The molecule has 2 heterocycles. The van der Waals surface area contributed by atoms with E-state index in [1.807, 2.05) is 13.0 Å². The fourth-order valence-corrected chi connectivity index (χ4v) is 4.15. The molecule has 0 N–H and O–H groups in total. The molecule has 0 bridgehead atoms. The van der Waals surface area contributed by atoms with Gasteiger partial charge < -0.3 is 4.42 Å². The van der Waals surface area contributed by atoms with E-state index in [4.69, 9.17) is 4.42 Å². The van der Waals surface area contributed by atoms with Crippen LogP contribution in [0.2, 0.25) is 0 Å². The Balaban J connectivity index is 1.42. The Morgan fingerprint density at radius 1 is 0.963 bits per heavy atom. The van der Waals surface area contributed by atoms with Crippen molar-refractivity contribution in [2.24, 2.45) is 0 Å². The van der Waals surface area contributed by atoms with E-state index in [2.05, 4.69) is 62.1 Å². The van der Waals surface area contributed by atoms with Crippen molar-refractivity contribution < 1.29 is 4.42 Å². The van der Waals surface area contributed by atoms with Gasteiger partial charge in [-0.2, -0.15) is 0 Å². The second-order valence-electron chi connectivity index (χ2n) is 7.27. The predicted octanol–water partition coefficient (Wildman–Crippen LogP) is 4.18. The number of nitrogens with zero attached hydrogens (tertiary/aromatic N) is 2. The molecule has 1 aliphatic heterocycles. The van der Waals surface area contributed by atoms with Crippen LogP contribution in [0.25, 0.3) is 11.0 Å². The van der Waals surface area contributed by atoms with E-state index < -0.39 is 0 Å². The Hall–Kier alpha value is -1.95. The molecule has 4 nitrogen and oxygen atoms in total. The number of hydrogen-bond acceptors (Lipinski definition) is 4. The first-order valence-corrected chi connectivity index (χ1v) is 10.1. The average Bonchev–Trinajstić information content (AvgIpc) is 2.63. The van der Waals surface area contributed by atoms with Crippen molar-refractivity contribution in [3.05, 3.63) is 80.1 Å². The molecule has 1 saturated heterocycles. The number of hydrogen-bond donors (Lipinski definition) is 0. The van der Waals surface area contributed by atoms with Crippen molar-refractivity contribution in [3.63, 3.8) is 0 Å². The third-order valence-corrected chi connectivity index (χ3v) is 5.63. The molecule has 4 rings (SSSR count). The van der Waals surface area contributed by atoms with E-state index >= 15 is 0 Å². The maximum atomic E-state index is 11.9. The van der Waals surface area contributed by atoms with Crippen molar-refractivity contribution in [2.45, 2.75) is 20.0 Å². The average molecular weight is 427 g/mol. The van der Waals surface area contributed by atoms with Crippen LogP contribution in [0.1, 0.15) is 16.7 Å². The minimum Gasteiger partial charge on any atom is -0.423 e. The van der Waals surface area contributed by atoms with Crippen LogP contribution in [0.5, 0.6) is 0 Å². The minimum atomic E-state index is -0.267. The Bertz CT molecular complexity index is 1010. The molecular weight excluding hydrogens is 404 g/mol. The van der Waals surface area contributed by atoms with Crippen molar-refractivity contribution >= 4 is 26.9 Å². The maximum Gasteiger partial charge on any atom is 0.336 e. The lowest BCUT2D eigenvalue weighted by molar-refractivity contribution is 0.122. The van der Waals surface area contributed by atoms with Crippen molar-refractivity contribution in [1.82, 2.24) is 9.80 Å². The van der Waals surface area contributed by atoms with E-state index in [0.29, 0.717) is 5.58 Å². The van der Waals surface area contributed by atoms with Gasteiger partial charge in [-0.25, -0.2) is 4.79 Å². The summed E-state index contributed by atoms with van der Waals surface area (Å²) in [5.41, 5.74) is 3.91. The lowest BCUT2D eigenvalue weighted by Crippen LogP contribution is -2.45. The number of aryl methyl sites for hydroxylation is 1. The topological polar surface area (TPSA) is 36.7 Å². The highest BCUT2D eigenvalue weighted by molar-refractivity contribution is 9.10. The van der Waals surface area contributed by atoms with Gasteiger partial charge in [0.1, 0.15) is 5.58 Å². The predicted molar refractivity (Wildman–Crippen MR) is 112 cm³/mol. The number of benzene rings is 2. The van der Waals surface area contributed by atoms with Gasteiger partial charge in [-0.15, -0.1) is 0 Å². The summed E-state index contributed by atoms with van der Waals surface area (Å²) in [7, 11) is 0. The molecule has 0 radical (unpaired) electrons. The number of piperazine rings is 1. The first-order chi connectivity index (χ1) is 13.1. The van der Waals surface area contributed by atoms with Crippen molar-refractivity contribution in [1.29, 1.82) is 0 Å². The molecule has 0 aliphatic carbocycles. The standard InChI is InChI=1S/C22H23BrN2O2/c1-16-5-6-20-18(13-22(26)27-21(20)11-16)15-25-9-7-24(8-10-25)14-17-3-2-4-19(23)12-17/h2-6,11-13H,7-10,14-15H2,1H3. The number of fused-ring (bicyclic) bond motifs is 1. The van der Waals surface area contributed by atoms with Crippen LogP contribution in [0.15, 0.2) is 62.2 Å². The molecule has 1 fully saturated rings. The molecule has 5 heteroatoms.